The molecule has 0 radical (unpaired) electrons. The summed E-state index contributed by atoms with van der Waals surface area (Å²) in [5.74, 6) is -3.04. The summed E-state index contributed by atoms with van der Waals surface area (Å²) in [6.07, 6.45) is 1.21. The largest absolute Gasteiger partial charge is 0.419 e. The van der Waals surface area contributed by atoms with Crippen molar-refractivity contribution < 1.29 is 24.0 Å². The Morgan fingerprint density at radius 2 is 1.68 bits per heavy atom. The number of nitro benzene ring substituents is 1. The van der Waals surface area contributed by atoms with E-state index in [0.29, 0.717) is 15.5 Å². The van der Waals surface area contributed by atoms with E-state index in [1.165, 1.54) is 37.8 Å². The number of carbonyl (C=O) groups excluding carboxylic acids is 2. The molecule has 3 rings (SSSR count). The minimum Gasteiger partial charge on any atom is -0.419 e. The summed E-state index contributed by atoms with van der Waals surface area (Å²) in [7, 11) is 0. The van der Waals surface area contributed by atoms with Crippen LogP contribution in [0.2, 0.25) is 5.02 Å². The van der Waals surface area contributed by atoms with Crippen LogP contribution in [0.5, 0.6) is 0 Å². The van der Waals surface area contributed by atoms with Gasteiger partial charge in [-0.05, 0) is 42.0 Å². The molecule has 1 saturated heterocycles. The van der Waals surface area contributed by atoms with Gasteiger partial charge in [-0.15, -0.1) is 0 Å². The zero-order valence-electron chi connectivity index (χ0n) is 14.8. The van der Waals surface area contributed by atoms with E-state index in [0.717, 1.165) is 4.90 Å². The minimum atomic E-state index is -1.35. The van der Waals surface area contributed by atoms with Gasteiger partial charge in [0.25, 0.3) is 11.5 Å². The Kier molecular flexibility index (Phi) is 5.44. The van der Waals surface area contributed by atoms with Crippen molar-refractivity contribution >= 4 is 47.1 Å². The Balaban J connectivity index is 1.93. The Labute approximate surface area is 169 Å². The molecule has 1 aliphatic rings. The van der Waals surface area contributed by atoms with Gasteiger partial charge in [0.2, 0.25) is 0 Å². The minimum absolute atomic E-state index is 0.160. The highest BCUT2D eigenvalue weighted by Crippen LogP contribution is 2.36. The zero-order chi connectivity index (χ0) is 20.5. The molecule has 0 amide bonds. The molecule has 1 fully saturated rings. The summed E-state index contributed by atoms with van der Waals surface area (Å²) in [4.78, 5) is 36.2. The average molecular weight is 420 g/mol. The number of hydrogen-bond donors (Lipinski definition) is 0. The maximum Gasteiger partial charge on any atom is 0.348 e. The average Bonchev–Trinajstić information content (AvgIpc) is 2.60. The van der Waals surface area contributed by atoms with Gasteiger partial charge in [0.1, 0.15) is 5.57 Å². The molecule has 1 heterocycles. The molecule has 0 aliphatic carbocycles. The van der Waals surface area contributed by atoms with E-state index in [4.69, 9.17) is 21.1 Å². The smallest absolute Gasteiger partial charge is 0.348 e. The molecule has 1 aliphatic heterocycles. The molecular weight excluding hydrogens is 406 g/mol. The number of esters is 2. The van der Waals surface area contributed by atoms with E-state index in [9.17, 15) is 19.7 Å². The van der Waals surface area contributed by atoms with Crippen molar-refractivity contribution in [3.63, 3.8) is 0 Å². The lowest BCUT2D eigenvalue weighted by molar-refractivity contribution is -0.387. The van der Waals surface area contributed by atoms with Gasteiger partial charge in [0, 0.05) is 29.8 Å². The van der Waals surface area contributed by atoms with Gasteiger partial charge in [-0.25, -0.2) is 9.59 Å². The molecule has 7 nitrogen and oxygen atoms in total. The Hall–Kier alpha value is -2.84. The molecule has 0 spiro atoms. The molecule has 0 atom stereocenters. The maximum absolute atomic E-state index is 12.0. The normalized spacial score (nSPS) is 15.6. The molecule has 0 unspecified atom stereocenters. The molecule has 28 heavy (non-hydrogen) atoms. The highest BCUT2D eigenvalue weighted by atomic mass is 35.5. The third kappa shape index (κ3) is 4.52. The van der Waals surface area contributed by atoms with Gasteiger partial charge >= 0.3 is 11.9 Å². The Morgan fingerprint density at radius 1 is 1.07 bits per heavy atom. The molecular formula is C19H14ClNO6S. The van der Waals surface area contributed by atoms with E-state index < -0.39 is 22.6 Å². The molecule has 2 aromatic carbocycles. The first-order valence-electron chi connectivity index (χ1n) is 8.05. The summed E-state index contributed by atoms with van der Waals surface area (Å²) in [6, 6.07) is 11.3. The lowest BCUT2D eigenvalue weighted by Crippen LogP contribution is -2.41. The Morgan fingerprint density at radius 3 is 2.25 bits per heavy atom. The standard InChI is InChI=1S/C19H14ClNO6S/c1-19(2)26-17(22)14(18(23)27-19)9-11-3-8-16(15(10-11)21(24)25)28-13-6-4-12(20)5-7-13/h3-10H,1-2H3. The van der Waals surface area contributed by atoms with Crippen molar-refractivity contribution in [3.05, 3.63) is 68.7 Å². The molecule has 0 saturated carbocycles. The van der Waals surface area contributed by atoms with Gasteiger partial charge < -0.3 is 9.47 Å². The third-order valence-corrected chi connectivity index (χ3v) is 4.97. The summed E-state index contributed by atoms with van der Waals surface area (Å²) in [6.45, 7) is 2.88. The number of halogens is 1. The maximum atomic E-state index is 12.0. The van der Waals surface area contributed by atoms with Crippen LogP contribution in [-0.4, -0.2) is 22.6 Å². The van der Waals surface area contributed by atoms with Gasteiger partial charge in [-0.1, -0.05) is 29.4 Å². The fourth-order valence-corrected chi connectivity index (χ4v) is 3.45. The van der Waals surface area contributed by atoms with Crippen LogP contribution in [0.1, 0.15) is 19.4 Å². The second kappa shape index (κ2) is 7.65. The Bertz CT molecular complexity index is 978. The fraction of sp³-hybridized carbons (Fsp3) is 0.158. The number of carbonyl (C=O) groups is 2. The van der Waals surface area contributed by atoms with Gasteiger partial charge in [-0.2, -0.15) is 0 Å². The number of benzene rings is 2. The lowest BCUT2D eigenvalue weighted by Gasteiger charge is -2.29. The highest BCUT2D eigenvalue weighted by molar-refractivity contribution is 7.99. The summed E-state index contributed by atoms with van der Waals surface area (Å²) >= 11 is 7.05. The van der Waals surface area contributed by atoms with Crippen LogP contribution in [0.4, 0.5) is 5.69 Å². The van der Waals surface area contributed by atoms with Crippen molar-refractivity contribution in [1.82, 2.24) is 0 Å². The zero-order valence-corrected chi connectivity index (χ0v) is 16.4. The van der Waals surface area contributed by atoms with Crippen molar-refractivity contribution in [2.45, 2.75) is 29.4 Å². The topological polar surface area (TPSA) is 95.7 Å². The van der Waals surface area contributed by atoms with Crippen molar-refractivity contribution in [2.24, 2.45) is 0 Å². The van der Waals surface area contributed by atoms with E-state index in [1.807, 2.05) is 0 Å². The van der Waals surface area contributed by atoms with Crippen LogP contribution in [0.25, 0.3) is 6.08 Å². The first-order valence-corrected chi connectivity index (χ1v) is 9.24. The van der Waals surface area contributed by atoms with E-state index in [-0.39, 0.29) is 11.3 Å². The predicted octanol–water partition coefficient (Wildman–Crippen LogP) is 4.62. The number of rotatable bonds is 4. The number of ether oxygens (including phenoxy) is 2. The second-order valence-corrected chi connectivity index (χ2v) is 7.83. The van der Waals surface area contributed by atoms with Crippen LogP contribution in [-0.2, 0) is 19.1 Å². The molecule has 144 valence electrons. The van der Waals surface area contributed by atoms with Crippen LogP contribution in [0, 0.1) is 10.1 Å². The first kappa shape index (κ1) is 19.9. The SMILES string of the molecule is CC1(C)OC(=O)C(=Cc2ccc(Sc3ccc(Cl)cc3)c([N+](=O)[O-])c2)C(=O)O1. The van der Waals surface area contributed by atoms with Crippen LogP contribution < -0.4 is 0 Å². The molecule has 0 aromatic heterocycles. The van der Waals surface area contributed by atoms with Crippen molar-refractivity contribution in [1.29, 1.82) is 0 Å². The molecule has 0 bridgehead atoms. The molecule has 9 heteroatoms. The first-order chi connectivity index (χ1) is 13.1. The summed E-state index contributed by atoms with van der Waals surface area (Å²) < 4.78 is 10.0. The monoisotopic (exact) mass is 419 g/mol. The summed E-state index contributed by atoms with van der Waals surface area (Å²) in [5.41, 5.74) is -0.185. The van der Waals surface area contributed by atoms with Crippen molar-refractivity contribution in [2.75, 3.05) is 0 Å². The van der Waals surface area contributed by atoms with Crippen LogP contribution in [0.3, 0.4) is 0 Å². The van der Waals surface area contributed by atoms with Crippen LogP contribution >= 0.6 is 23.4 Å². The number of nitrogens with zero attached hydrogens (tertiary/aromatic N) is 1. The second-order valence-electron chi connectivity index (χ2n) is 6.28. The number of hydrogen-bond acceptors (Lipinski definition) is 7. The van der Waals surface area contributed by atoms with E-state index in [1.54, 1.807) is 36.4 Å². The third-order valence-electron chi connectivity index (χ3n) is 3.65. The fourth-order valence-electron chi connectivity index (χ4n) is 2.43. The van der Waals surface area contributed by atoms with Gasteiger partial charge in [0.05, 0.1) is 9.82 Å². The number of nitro groups is 1. The van der Waals surface area contributed by atoms with Gasteiger partial charge in [0.15, 0.2) is 0 Å². The van der Waals surface area contributed by atoms with Crippen molar-refractivity contribution in [3.8, 4) is 0 Å². The summed E-state index contributed by atoms with van der Waals surface area (Å²) in [5, 5.41) is 12.1. The highest BCUT2D eigenvalue weighted by Gasteiger charge is 2.38. The molecule has 2 aromatic rings. The van der Waals surface area contributed by atoms with Gasteiger partial charge in [-0.3, -0.25) is 10.1 Å². The number of cyclic esters (lactones) is 2. The molecule has 0 N–H and O–H groups in total. The van der Waals surface area contributed by atoms with E-state index in [2.05, 4.69) is 0 Å². The predicted molar refractivity (Wildman–Crippen MR) is 103 cm³/mol. The lowest BCUT2D eigenvalue weighted by atomic mass is 10.1. The van der Waals surface area contributed by atoms with E-state index >= 15 is 0 Å². The quantitative estimate of drug-likeness (QED) is 0.234. The van der Waals surface area contributed by atoms with Crippen LogP contribution in [0.15, 0.2) is 57.8 Å².